The second-order valence-electron chi connectivity index (χ2n) is 2.60. The van der Waals surface area contributed by atoms with Crippen LogP contribution in [0.25, 0.3) is 10.9 Å². The molecule has 2 N–H and O–H groups in total. The molecular weight excluding hydrogens is 166 g/mol. The summed E-state index contributed by atoms with van der Waals surface area (Å²) in [7, 11) is 0. The van der Waals surface area contributed by atoms with Crippen LogP contribution in [0.5, 0.6) is 0 Å². The lowest BCUT2D eigenvalue weighted by molar-refractivity contribution is 0.0997. The number of carbonyl (C=O) groups is 1. The minimum absolute atomic E-state index is 0.269. The van der Waals surface area contributed by atoms with Crippen LogP contribution in [-0.4, -0.2) is 15.9 Å². The zero-order chi connectivity index (χ0) is 9.26. The van der Waals surface area contributed by atoms with Gasteiger partial charge in [0.05, 0.1) is 5.52 Å². The molecule has 0 saturated heterocycles. The second-order valence-corrected chi connectivity index (χ2v) is 2.60. The number of benzene rings is 1. The normalized spacial score (nSPS) is 10.2. The zero-order valence-corrected chi connectivity index (χ0v) is 6.77. The molecule has 0 fully saturated rings. The first kappa shape index (κ1) is 7.67. The van der Waals surface area contributed by atoms with Crippen molar-refractivity contribution in [2.24, 2.45) is 5.73 Å². The number of aromatic nitrogens is 2. The summed E-state index contributed by atoms with van der Waals surface area (Å²) < 4.78 is 0. The number of hydrogen-bond acceptors (Lipinski definition) is 3. The molecule has 0 bridgehead atoms. The number of amides is 1. The van der Waals surface area contributed by atoms with E-state index in [4.69, 9.17) is 5.73 Å². The Kier molecular flexibility index (Phi) is 1.66. The third-order valence-corrected chi connectivity index (χ3v) is 1.78. The zero-order valence-electron chi connectivity index (χ0n) is 6.77. The molecule has 0 atom stereocenters. The van der Waals surface area contributed by atoms with E-state index < -0.39 is 5.91 Å². The van der Waals surface area contributed by atoms with Crippen LogP contribution in [0, 0.1) is 0 Å². The van der Waals surface area contributed by atoms with E-state index in [0.717, 1.165) is 5.52 Å². The van der Waals surface area contributed by atoms with Gasteiger partial charge in [-0.05, 0) is 6.07 Å². The molecule has 64 valence electrons. The van der Waals surface area contributed by atoms with Gasteiger partial charge in [0, 0.05) is 5.39 Å². The Hall–Kier alpha value is -1.97. The number of rotatable bonds is 1. The van der Waals surface area contributed by atoms with E-state index in [9.17, 15) is 4.79 Å². The van der Waals surface area contributed by atoms with Gasteiger partial charge in [0.2, 0.25) is 0 Å². The maximum atomic E-state index is 10.9. The van der Waals surface area contributed by atoms with Gasteiger partial charge < -0.3 is 5.73 Å². The highest BCUT2D eigenvalue weighted by molar-refractivity contribution is 6.03. The van der Waals surface area contributed by atoms with Crippen LogP contribution in [0.1, 0.15) is 10.5 Å². The van der Waals surface area contributed by atoms with Gasteiger partial charge >= 0.3 is 0 Å². The predicted octanol–water partition coefficient (Wildman–Crippen LogP) is 0.729. The molecule has 0 aliphatic carbocycles. The topological polar surface area (TPSA) is 68.9 Å². The van der Waals surface area contributed by atoms with E-state index in [0.29, 0.717) is 5.39 Å². The van der Waals surface area contributed by atoms with Crippen molar-refractivity contribution in [2.75, 3.05) is 0 Å². The molecule has 4 heteroatoms. The van der Waals surface area contributed by atoms with Crippen molar-refractivity contribution in [3.05, 3.63) is 36.3 Å². The van der Waals surface area contributed by atoms with E-state index in [1.54, 1.807) is 6.07 Å². The molecule has 0 aliphatic rings. The van der Waals surface area contributed by atoms with Crippen LogP contribution in [0.3, 0.4) is 0 Å². The van der Waals surface area contributed by atoms with Gasteiger partial charge in [-0.15, -0.1) is 0 Å². The van der Waals surface area contributed by atoms with Crippen LogP contribution < -0.4 is 5.73 Å². The highest BCUT2D eigenvalue weighted by atomic mass is 16.1. The van der Waals surface area contributed by atoms with Gasteiger partial charge in [-0.2, -0.15) is 0 Å². The highest BCUT2D eigenvalue weighted by Gasteiger charge is 2.06. The van der Waals surface area contributed by atoms with Crippen LogP contribution >= 0.6 is 0 Å². The molecule has 2 rings (SSSR count). The van der Waals surface area contributed by atoms with E-state index in [-0.39, 0.29) is 5.69 Å². The maximum Gasteiger partial charge on any atom is 0.268 e. The maximum absolute atomic E-state index is 10.9. The summed E-state index contributed by atoms with van der Waals surface area (Å²) in [6, 6.07) is 7.25. The summed E-state index contributed by atoms with van der Waals surface area (Å²) >= 11 is 0. The second kappa shape index (κ2) is 2.82. The van der Waals surface area contributed by atoms with Crippen molar-refractivity contribution in [3.63, 3.8) is 0 Å². The predicted molar refractivity (Wildman–Crippen MR) is 48.1 cm³/mol. The SMILES string of the molecule is NC(=O)c1ncnc2ccccc12. The van der Waals surface area contributed by atoms with Crippen molar-refractivity contribution in [3.8, 4) is 0 Å². The van der Waals surface area contributed by atoms with Gasteiger partial charge in [0.25, 0.3) is 5.91 Å². The monoisotopic (exact) mass is 173 g/mol. The molecule has 4 nitrogen and oxygen atoms in total. The molecular formula is C9H7N3O. The van der Waals surface area contributed by atoms with Crippen LogP contribution in [0.4, 0.5) is 0 Å². The van der Waals surface area contributed by atoms with E-state index in [1.807, 2.05) is 18.2 Å². The van der Waals surface area contributed by atoms with Crippen molar-refractivity contribution in [2.45, 2.75) is 0 Å². The summed E-state index contributed by atoms with van der Waals surface area (Å²) in [4.78, 5) is 18.8. The lowest BCUT2D eigenvalue weighted by atomic mass is 10.2. The number of carbonyl (C=O) groups excluding carboxylic acids is 1. The molecule has 0 unspecified atom stereocenters. The molecule has 0 saturated carbocycles. The molecule has 13 heavy (non-hydrogen) atoms. The van der Waals surface area contributed by atoms with Crippen molar-refractivity contribution in [1.82, 2.24) is 9.97 Å². The minimum Gasteiger partial charge on any atom is -0.364 e. The van der Waals surface area contributed by atoms with E-state index in [2.05, 4.69) is 9.97 Å². The lowest BCUT2D eigenvalue weighted by Crippen LogP contribution is -2.13. The number of primary amides is 1. The Morgan fingerprint density at radius 3 is 2.77 bits per heavy atom. The third-order valence-electron chi connectivity index (χ3n) is 1.78. The van der Waals surface area contributed by atoms with Crippen LogP contribution in [-0.2, 0) is 0 Å². The molecule has 1 aromatic heterocycles. The number of fused-ring (bicyclic) bond motifs is 1. The standard InChI is InChI=1S/C9H7N3O/c10-9(13)8-6-3-1-2-4-7(6)11-5-12-8/h1-5H,(H2,10,13). The molecule has 0 aliphatic heterocycles. The summed E-state index contributed by atoms with van der Waals surface area (Å²) in [6.45, 7) is 0. The summed E-state index contributed by atoms with van der Waals surface area (Å²) in [5.41, 5.74) is 6.15. The fourth-order valence-electron chi connectivity index (χ4n) is 1.20. The fourth-order valence-corrected chi connectivity index (χ4v) is 1.20. The molecule has 1 heterocycles. The van der Waals surface area contributed by atoms with Gasteiger partial charge in [-0.3, -0.25) is 4.79 Å². The Balaban J connectivity index is 2.83. The Morgan fingerprint density at radius 2 is 2.00 bits per heavy atom. The smallest absolute Gasteiger partial charge is 0.268 e. The summed E-state index contributed by atoms with van der Waals surface area (Å²) in [6.07, 6.45) is 1.34. The molecule has 1 aromatic carbocycles. The number of nitrogens with two attached hydrogens (primary N) is 1. The Bertz CT molecular complexity index is 462. The fraction of sp³-hybridized carbons (Fsp3) is 0. The first-order valence-corrected chi connectivity index (χ1v) is 3.78. The third kappa shape index (κ3) is 1.22. The quantitative estimate of drug-likeness (QED) is 0.691. The van der Waals surface area contributed by atoms with Crippen molar-refractivity contribution in [1.29, 1.82) is 0 Å². The molecule has 0 spiro atoms. The van der Waals surface area contributed by atoms with Crippen molar-refractivity contribution < 1.29 is 4.79 Å². The average molecular weight is 173 g/mol. The first-order valence-electron chi connectivity index (χ1n) is 3.78. The van der Waals surface area contributed by atoms with Crippen LogP contribution in [0.2, 0.25) is 0 Å². The van der Waals surface area contributed by atoms with Crippen LogP contribution in [0.15, 0.2) is 30.6 Å². The first-order chi connectivity index (χ1) is 6.29. The number of nitrogens with zero attached hydrogens (tertiary/aromatic N) is 2. The summed E-state index contributed by atoms with van der Waals surface area (Å²) in [5, 5.41) is 0.692. The largest absolute Gasteiger partial charge is 0.364 e. The number of hydrogen-bond donors (Lipinski definition) is 1. The number of para-hydroxylation sites is 1. The van der Waals surface area contributed by atoms with Gasteiger partial charge in [0.1, 0.15) is 12.0 Å². The van der Waals surface area contributed by atoms with Gasteiger partial charge in [-0.1, -0.05) is 18.2 Å². The summed E-state index contributed by atoms with van der Waals surface area (Å²) in [5.74, 6) is -0.529. The Labute approximate surface area is 74.4 Å². The van der Waals surface area contributed by atoms with E-state index in [1.165, 1.54) is 6.33 Å². The average Bonchev–Trinajstić information content (AvgIpc) is 2.17. The van der Waals surface area contributed by atoms with Crippen molar-refractivity contribution >= 4 is 16.8 Å². The molecule has 0 radical (unpaired) electrons. The Morgan fingerprint density at radius 1 is 1.23 bits per heavy atom. The molecule has 2 aromatic rings. The van der Waals surface area contributed by atoms with Gasteiger partial charge in [-0.25, -0.2) is 9.97 Å². The minimum atomic E-state index is -0.529. The van der Waals surface area contributed by atoms with E-state index >= 15 is 0 Å². The highest BCUT2D eigenvalue weighted by Crippen LogP contribution is 2.12. The van der Waals surface area contributed by atoms with Gasteiger partial charge in [0.15, 0.2) is 0 Å². The lowest BCUT2D eigenvalue weighted by Gasteiger charge is -1.99. The molecule has 1 amide bonds.